The Morgan fingerprint density at radius 1 is 1.24 bits per heavy atom. The van der Waals surface area contributed by atoms with Gasteiger partial charge in [0.25, 0.3) is 0 Å². The van der Waals surface area contributed by atoms with E-state index in [0.29, 0.717) is 11.0 Å². The molecule has 2 rings (SSSR count). The largest absolute Gasteiger partial charge is 0.329 e. The van der Waals surface area contributed by atoms with Crippen molar-refractivity contribution >= 4 is 11.8 Å². The highest BCUT2D eigenvalue weighted by Gasteiger charge is 2.42. The third-order valence-corrected chi connectivity index (χ3v) is 5.96. The zero-order chi connectivity index (χ0) is 12.5. The lowest BCUT2D eigenvalue weighted by molar-refractivity contribution is 0.0260. The second kappa shape index (κ2) is 5.10. The highest BCUT2D eigenvalue weighted by molar-refractivity contribution is 7.99. The van der Waals surface area contributed by atoms with Crippen molar-refractivity contribution in [3.8, 4) is 0 Å². The van der Waals surface area contributed by atoms with Crippen molar-refractivity contribution in [1.82, 2.24) is 4.90 Å². The van der Waals surface area contributed by atoms with Gasteiger partial charge in [0, 0.05) is 36.2 Å². The van der Waals surface area contributed by atoms with Crippen LogP contribution >= 0.6 is 11.8 Å². The topological polar surface area (TPSA) is 29.3 Å². The molecule has 1 saturated heterocycles. The van der Waals surface area contributed by atoms with Gasteiger partial charge >= 0.3 is 0 Å². The molecule has 2 nitrogen and oxygen atoms in total. The lowest BCUT2D eigenvalue weighted by atomic mass is 9.68. The molecule has 1 atom stereocenters. The zero-order valence-corrected chi connectivity index (χ0v) is 12.5. The highest BCUT2D eigenvalue weighted by atomic mass is 32.2. The molecule has 1 aliphatic carbocycles. The van der Waals surface area contributed by atoms with Gasteiger partial charge < -0.3 is 5.73 Å². The second-order valence-electron chi connectivity index (χ2n) is 6.72. The highest BCUT2D eigenvalue weighted by Crippen LogP contribution is 2.43. The molecule has 0 spiro atoms. The molecule has 0 aromatic heterocycles. The molecule has 1 aliphatic heterocycles. The smallest absolute Gasteiger partial charge is 0.0332 e. The molecule has 100 valence electrons. The standard InChI is InChI=1S/C14H28N2S/c1-12-10-16(8-9-17-12)14(11-15)6-4-13(2,3)5-7-14/h12H,4-11,15H2,1-3H3. The van der Waals surface area contributed by atoms with E-state index in [1.54, 1.807) is 0 Å². The molecular weight excluding hydrogens is 228 g/mol. The van der Waals surface area contributed by atoms with Gasteiger partial charge in [0.2, 0.25) is 0 Å². The molecule has 0 radical (unpaired) electrons. The molecule has 17 heavy (non-hydrogen) atoms. The molecule has 0 bridgehead atoms. The summed E-state index contributed by atoms with van der Waals surface area (Å²) in [5.41, 5.74) is 7.02. The summed E-state index contributed by atoms with van der Waals surface area (Å²) in [4.78, 5) is 2.71. The first-order valence-corrected chi connectivity index (χ1v) is 8.09. The van der Waals surface area contributed by atoms with Gasteiger partial charge in [-0.3, -0.25) is 4.90 Å². The van der Waals surface area contributed by atoms with Crippen molar-refractivity contribution in [2.24, 2.45) is 11.1 Å². The normalized spacial score (nSPS) is 33.5. The van der Waals surface area contributed by atoms with Crippen molar-refractivity contribution < 1.29 is 0 Å². The fraction of sp³-hybridized carbons (Fsp3) is 1.00. The Balaban J connectivity index is 2.04. The molecule has 0 amide bonds. The first-order chi connectivity index (χ1) is 7.97. The van der Waals surface area contributed by atoms with Crippen molar-refractivity contribution in [3.63, 3.8) is 0 Å². The summed E-state index contributed by atoms with van der Waals surface area (Å²) in [6.07, 6.45) is 5.27. The van der Waals surface area contributed by atoms with Gasteiger partial charge in [-0.25, -0.2) is 0 Å². The second-order valence-corrected chi connectivity index (χ2v) is 8.27. The van der Waals surface area contributed by atoms with E-state index >= 15 is 0 Å². The van der Waals surface area contributed by atoms with Gasteiger partial charge in [0.1, 0.15) is 0 Å². The van der Waals surface area contributed by atoms with E-state index in [4.69, 9.17) is 5.73 Å². The molecular formula is C14H28N2S. The zero-order valence-electron chi connectivity index (χ0n) is 11.7. The fourth-order valence-electron chi connectivity index (χ4n) is 3.29. The number of nitrogens with two attached hydrogens (primary N) is 1. The maximum absolute atomic E-state index is 6.15. The van der Waals surface area contributed by atoms with Crippen LogP contribution in [0.2, 0.25) is 0 Å². The first-order valence-electron chi connectivity index (χ1n) is 7.04. The van der Waals surface area contributed by atoms with E-state index in [1.807, 2.05) is 0 Å². The molecule has 1 heterocycles. The quantitative estimate of drug-likeness (QED) is 0.824. The molecule has 3 heteroatoms. The minimum Gasteiger partial charge on any atom is -0.329 e. The van der Waals surface area contributed by atoms with Crippen LogP contribution in [0.15, 0.2) is 0 Å². The Kier molecular flexibility index (Phi) is 4.11. The van der Waals surface area contributed by atoms with Crippen molar-refractivity contribution in [3.05, 3.63) is 0 Å². The van der Waals surface area contributed by atoms with Gasteiger partial charge in [-0.2, -0.15) is 11.8 Å². The molecule has 0 aromatic carbocycles. The molecule has 1 unspecified atom stereocenters. The third kappa shape index (κ3) is 2.99. The van der Waals surface area contributed by atoms with E-state index in [1.165, 1.54) is 44.5 Å². The summed E-state index contributed by atoms with van der Waals surface area (Å²) in [5.74, 6) is 1.28. The molecule has 2 fully saturated rings. The van der Waals surface area contributed by atoms with Gasteiger partial charge in [-0.15, -0.1) is 0 Å². The van der Waals surface area contributed by atoms with Crippen LogP contribution < -0.4 is 5.73 Å². The van der Waals surface area contributed by atoms with Gasteiger partial charge in [-0.1, -0.05) is 20.8 Å². The molecule has 2 N–H and O–H groups in total. The number of hydrogen-bond donors (Lipinski definition) is 1. The number of thioether (sulfide) groups is 1. The Bertz CT molecular complexity index is 255. The van der Waals surface area contributed by atoms with Crippen LogP contribution in [0.3, 0.4) is 0 Å². The Hall–Kier alpha value is 0.270. The van der Waals surface area contributed by atoms with Crippen LogP contribution in [0.4, 0.5) is 0 Å². The summed E-state index contributed by atoms with van der Waals surface area (Å²) in [5, 5.41) is 0.780. The number of nitrogens with zero attached hydrogens (tertiary/aromatic N) is 1. The maximum atomic E-state index is 6.15. The Labute approximate surface area is 111 Å². The predicted octanol–water partition coefficient (Wildman–Crippen LogP) is 2.72. The Morgan fingerprint density at radius 3 is 2.41 bits per heavy atom. The van der Waals surface area contributed by atoms with Crippen LogP contribution in [0.1, 0.15) is 46.5 Å². The van der Waals surface area contributed by atoms with Crippen LogP contribution in [0.25, 0.3) is 0 Å². The monoisotopic (exact) mass is 256 g/mol. The van der Waals surface area contributed by atoms with Gasteiger partial charge in [-0.05, 0) is 31.1 Å². The van der Waals surface area contributed by atoms with Crippen LogP contribution in [0, 0.1) is 5.41 Å². The summed E-state index contributed by atoms with van der Waals surface area (Å²) >= 11 is 2.11. The SMILES string of the molecule is CC1CN(C2(CN)CCC(C)(C)CC2)CCS1. The van der Waals surface area contributed by atoms with Crippen molar-refractivity contribution in [2.45, 2.75) is 57.2 Å². The fourth-order valence-corrected chi connectivity index (χ4v) is 4.30. The molecule has 1 saturated carbocycles. The van der Waals surface area contributed by atoms with E-state index in [9.17, 15) is 0 Å². The minimum absolute atomic E-state index is 0.324. The minimum atomic E-state index is 0.324. The summed E-state index contributed by atoms with van der Waals surface area (Å²) < 4.78 is 0. The van der Waals surface area contributed by atoms with E-state index < -0.39 is 0 Å². The van der Waals surface area contributed by atoms with E-state index in [-0.39, 0.29) is 0 Å². The molecule has 2 aliphatic rings. The summed E-state index contributed by atoms with van der Waals surface area (Å²) in [6, 6.07) is 0. The maximum Gasteiger partial charge on any atom is 0.0332 e. The summed E-state index contributed by atoms with van der Waals surface area (Å²) in [6.45, 7) is 10.5. The lowest BCUT2D eigenvalue weighted by Gasteiger charge is -2.51. The van der Waals surface area contributed by atoms with Crippen LogP contribution in [-0.4, -0.2) is 41.1 Å². The summed E-state index contributed by atoms with van der Waals surface area (Å²) in [7, 11) is 0. The predicted molar refractivity (Wildman–Crippen MR) is 77.5 cm³/mol. The average Bonchev–Trinajstić information content (AvgIpc) is 2.30. The van der Waals surface area contributed by atoms with Crippen LogP contribution in [-0.2, 0) is 0 Å². The number of hydrogen-bond acceptors (Lipinski definition) is 3. The molecule has 0 aromatic rings. The van der Waals surface area contributed by atoms with Crippen molar-refractivity contribution in [2.75, 3.05) is 25.4 Å². The van der Waals surface area contributed by atoms with E-state index in [0.717, 1.165) is 11.8 Å². The average molecular weight is 256 g/mol. The first kappa shape index (κ1) is 13.7. The van der Waals surface area contributed by atoms with Gasteiger partial charge in [0.05, 0.1) is 0 Å². The van der Waals surface area contributed by atoms with Crippen LogP contribution in [0.5, 0.6) is 0 Å². The van der Waals surface area contributed by atoms with Gasteiger partial charge in [0.15, 0.2) is 0 Å². The Morgan fingerprint density at radius 2 is 1.88 bits per heavy atom. The lowest BCUT2D eigenvalue weighted by Crippen LogP contribution is -2.59. The number of rotatable bonds is 2. The van der Waals surface area contributed by atoms with E-state index in [2.05, 4.69) is 37.4 Å². The van der Waals surface area contributed by atoms with Crippen molar-refractivity contribution in [1.29, 1.82) is 0 Å². The third-order valence-electron chi connectivity index (χ3n) is 4.83.